The van der Waals surface area contributed by atoms with Crippen molar-refractivity contribution in [3.8, 4) is 0 Å². The van der Waals surface area contributed by atoms with Gasteiger partial charge in [0.05, 0.1) is 6.33 Å². The minimum atomic E-state index is -1.95. The van der Waals surface area contributed by atoms with Gasteiger partial charge in [0.25, 0.3) is 0 Å². The summed E-state index contributed by atoms with van der Waals surface area (Å²) in [6.07, 6.45) is -0.693. The van der Waals surface area contributed by atoms with E-state index in [0.29, 0.717) is 0 Å². The highest BCUT2D eigenvalue weighted by Gasteiger charge is 2.37. The van der Waals surface area contributed by atoms with Gasteiger partial charge in [-0.05, 0) is 17.2 Å². The third-order valence-corrected chi connectivity index (χ3v) is 4.27. The summed E-state index contributed by atoms with van der Waals surface area (Å²) in [6.45, 7) is 0.0465. The smallest absolute Gasteiger partial charge is 0.409 e. The SMILES string of the molecule is Nc1nc(Cl)nc2c1ncn2C(NC(=O)OCc1ccccc1)C(Cl)(Cl)Cl. The average molecular weight is 450 g/mol. The van der Waals surface area contributed by atoms with Gasteiger partial charge in [0.2, 0.25) is 9.08 Å². The van der Waals surface area contributed by atoms with Crippen molar-refractivity contribution < 1.29 is 9.53 Å². The minimum Gasteiger partial charge on any atom is -0.445 e. The van der Waals surface area contributed by atoms with Crippen LogP contribution in [0.4, 0.5) is 10.6 Å². The van der Waals surface area contributed by atoms with Crippen LogP contribution in [0.1, 0.15) is 11.7 Å². The summed E-state index contributed by atoms with van der Waals surface area (Å²) < 4.78 is 4.53. The molecule has 12 heteroatoms. The number of ether oxygens (including phenoxy) is 1. The lowest BCUT2D eigenvalue weighted by molar-refractivity contribution is 0.132. The number of nitrogens with one attached hydrogen (secondary N) is 1. The number of alkyl carbamates (subject to hydrolysis) is 1. The van der Waals surface area contributed by atoms with Crippen molar-refractivity contribution in [3.63, 3.8) is 0 Å². The molecule has 3 N–H and O–H groups in total. The predicted octanol–water partition coefficient (Wildman–Crippen LogP) is 3.86. The molecule has 2 aromatic heterocycles. The van der Waals surface area contributed by atoms with E-state index in [1.54, 1.807) is 0 Å². The number of alkyl halides is 3. The van der Waals surface area contributed by atoms with Crippen LogP contribution in [0.3, 0.4) is 0 Å². The van der Waals surface area contributed by atoms with Crippen LogP contribution in [0, 0.1) is 0 Å². The fraction of sp³-hybridized carbons (Fsp3) is 0.200. The van der Waals surface area contributed by atoms with Gasteiger partial charge in [-0.3, -0.25) is 9.88 Å². The lowest BCUT2D eigenvalue weighted by atomic mass is 10.2. The Kier molecular flexibility index (Phi) is 5.81. The number of aromatic nitrogens is 4. The average Bonchev–Trinajstić information content (AvgIpc) is 3.01. The molecule has 2 heterocycles. The molecule has 0 aliphatic carbocycles. The number of carbonyl (C=O) groups excluding carboxylic acids is 1. The van der Waals surface area contributed by atoms with Crippen LogP contribution >= 0.6 is 46.4 Å². The van der Waals surface area contributed by atoms with Gasteiger partial charge in [-0.15, -0.1) is 0 Å². The van der Waals surface area contributed by atoms with E-state index >= 15 is 0 Å². The molecule has 0 saturated carbocycles. The molecule has 3 aromatic rings. The molecule has 1 atom stereocenters. The molecule has 0 aliphatic rings. The van der Waals surface area contributed by atoms with Gasteiger partial charge in [-0.25, -0.2) is 9.78 Å². The topological polar surface area (TPSA) is 108 Å². The minimum absolute atomic E-state index is 0.0465. The Hall–Kier alpha value is -2.00. The normalized spacial score (nSPS) is 12.7. The van der Waals surface area contributed by atoms with E-state index in [1.807, 2.05) is 30.3 Å². The van der Waals surface area contributed by atoms with Gasteiger partial charge in [-0.2, -0.15) is 9.97 Å². The van der Waals surface area contributed by atoms with Crippen molar-refractivity contribution in [1.29, 1.82) is 0 Å². The van der Waals surface area contributed by atoms with E-state index < -0.39 is 16.1 Å². The largest absolute Gasteiger partial charge is 0.445 e. The maximum absolute atomic E-state index is 12.2. The van der Waals surface area contributed by atoms with E-state index in [0.717, 1.165) is 5.56 Å². The molecule has 1 amide bonds. The monoisotopic (exact) mass is 448 g/mol. The maximum atomic E-state index is 12.2. The number of amides is 1. The van der Waals surface area contributed by atoms with E-state index in [9.17, 15) is 4.79 Å². The van der Waals surface area contributed by atoms with Gasteiger partial charge in [0.1, 0.15) is 12.1 Å². The molecule has 0 bridgehead atoms. The van der Waals surface area contributed by atoms with Crippen LogP contribution in [0.25, 0.3) is 11.2 Å². The Labute approximate surface area is 173 Å². The standard InChI is InChI=1S/C15H12Cl4N6O2/c16-13-22-10(20)9-11(23-13)25(7-21-9)12(15(17,18)19)24-14(26)27-6-8-4-2-1-3-5-8/h1-5,7,12H,6H2,(H,24,26)(H2,20,22,23). The number of fused-ring (bicyclic) bond motifs is 1. The number of hydrogen-bond donors (Lipinski definition) is 2. The fourth-order valence-electron chi connectivity index (χ4n) is 2.29. The zero-order valence-corrected chi connectivity index (χ0v) is 16.5. The maximum Gasteiger partial charge on any atom is 0.409 e. The molecule has 0 saturated heterocycles. The lowest BCUT2D eigenvalue weighted by Crippen LogP contribution is -2.40. The number of benzene rings is 1. The van der Waals surface area contributed by atoms with Gasteiger partial charge in [0, 0.05) is 0 Å². The van der Waals surface area contributed by atoms with Crippen LogP contribution in [-0.2, 0) is 11.3 Å². The number of nitrogen functional groups attached to an aromatic ring is 1. The van der Waals surface area contributed by atoms with E-state index in [1.165, 1.54) is 10.9 Å². The third-order valence-electron chi connectivity index (χ3n) is 3.48. The molecular weight excluding hydrogens is 438 g/mol. The van der Waals surface area contributed by atoms with Crippen molar-refractivity contribution in [2.24, 2.45) is 0 Å². The Bertz CT molecular complexity index is 960. The van der Waals surface area contributed by atoms with Gasteiger partial charge in [0.15, 0.2) is 17.6 Å². The third kappa shape index (κ3) is 4.65. The number of hydrogen-bond acceptors (Lipinski definition) is 6. The molecule has 0 fully saturated rings. The second-order valence-corrected chi connectivity index (χ2v) is 8.06. The summed E-state index contributed by atoms with van der Waals surface area (Å²) >= 11 is 23.9. The summed E-state index contributed by atoms with van der Waals surface area (Å²) in [4.78, 5) is 24.1. The Morgan fingerprint density at radius 3 is 2.63 bits per heavy atom. The van der Waals surface area contributed by atoms with E-state index in [4.69, 9.17) is 56.9 Å². The molecule has 1 aromatic carbocycles. The first-order chi connectivity index (χ1) is 12.8. The first kappa shape index (κ1) is 19.8. The Balaban J connectivity index is 1.84. The van der Waals surface area contributed by atoms with Crippen LogP contribution in [0.5, 0.6) is 0 Å². The molecule has 27 heavy (non-hydrogen) atoms. The molecule has 0 radical (unpaired) electrons. The molecule has 8 nitrogen and oxygen atoms in total. The first-order valence-electron chi connectivity index (χ1n) is 7.45. The highest BCUT2D eigenvalue weighted by atomic mass is 35.6. The fourth-order valence-corrected chi connectivity index (χ4v) is 2.94. The predicted molar refractivity (Wildman–Crippen MR) is 104 cm³/mol. The van der Waals surface area contributed by atoms with Crippen LogP contribution in [0.15, 0.2) is 36.7 Å². The van der Waals surface area contributed by atoms with E-state index in [2.05, 4.69) is 20.3 Å². The highest BCUT2D eigenvalue weighted by Crippen LogP contribution is 2.38. The number of rotatable bonds is 4. The van der Waals surface area contributed by atoms with Crippen molar-refractivity contribution in [3.05, 3.63) is 47.5 Å². The summed E-state index contributed by atoms with van der Waals surface area (Å²) in [5, 5.41) is 2.37. The van der Waals surface area contributed by atoms with E-state index in [-0.39, 0.29) is 28.9 Å². The molecule has 3 rings (SSSR count). The number of anilines is 1. The summed E-state index contributed by atoms with van der Waals surface area (Å²) in [5.74, 6) is 0.0541. The van der Waals surface area contributed by atoms with Gasteiger partial charge < -0.3 is 10.5 Å². The molecule has 1 unspecified atom stereocenters. The van der Waals surface area contributed by atoms with Crippen LogP contribution in [0.2, 0.25) is 5.28 Å². The van der Waals surface area contributed by atoms with Crippen molar-refractivity contribution in [2.75, 3.05) is 5.73 Å². The number of halogens is 4. The Morgan fingerprint density at radius 2 is 1.96 bits per heavy atom. The van der Waals surface area contributed by atoms with Crippen molar-refractivity contribution >= 4 is 69.5 Å². The van der Waals surface area contributed by atoms with Crippen molar-refractivity contribution in [2.45, 2.75) is 16.6 Å². The lowest BCUT2D eigenvalue weighted by Gasteiger charge is -2.26. The zero-order chi connectivity index (χ0) is 19.6. The highest BCUT2D eigenvalue weighted by molar-refractivity contribution is 6.68. The van der Waals surface area contributed by atoms with Gasteiger partial charge in [-0.1, -0.05) is 65.1 Å². The molecule has 0 spiro atoms. The zero-order valence-electron chi connectivity index (χ0n) is 13.4. The molecule has 142 valence electrons. The van der Waals surface area contributed by atoms with Gasteiger partial charge >= 0.3 is 6.09 Å². The summed E-state index contributed by atoms with van der Waals surface area (Å²) in [5.41, 5.74) is 7.01. The number of carbonyl (C=O) groups is 1. The quantitative estimate of drug-likeness (QED) is 0.462. The molecule has 0 aliphatic heterocycles. The molecular formula is C15H12Cl4N6O2. The summed E-state index contributed by atoms with van der Waals surface area (Å²) in [6, 6.07) is 9.12. The number of nitrogens with zero attached hydrogens (tertiary/aromatic N) is 4. The number of imidazole rings is 1. The second kappa shape index (κ2) is 7.93. The number of nitrogens with two attached hydrogens (primary N) is 1. The summed E-state index contributed by atoms with van der Waals surface area (Å²) in [7, 11) is 0. The first-order valence-corrected chi connectivity index (χ1v) is 8.96. The van der Waals surface area contributed by atoms with Crippen molar-refractivity contribution in [1.82, 2.24) is 24.8 Å². The second-order valence-electron chi connectivity index (χ2n) is 5.35. The van der Waals surface area contributed by atoms with Crippen LogP contribution < -0.4 is 11.1 Å². The Morgan fingerprint density at radius 1 is 1.26 bits per heavy atom. The van der Waals surface area contributed by atoms with Crippen LogP contribution in [-0.4, -0.2) is 29.4 Å².